The Hall–Kier alpha value is -2.71. The summed E-state index contributed by atoms with van der Waals surface area (Å²) in [5.74, 6) is -0.200. The Labute approximate surface area is 175 Å². The summed E-state index contributed by atoms with van der Waals surface area (Å²) in [6.45, 7) is 2.16. The fraction of sp³-hybridized carbons (Fsp3) is 0.238. The molecule has 152 valence electrons. The van der Waals surface area contributed by atoms with E-state index in [0.29, 0.717) is 5.69 Å². The average Bonchev–Trinajstić information content (AvgIpc) is 3.14. The molecule has 0 aliphatic heterocycles. The molecule has 29 heavy (non-hydrogen) atoms. The van der Waals surface area contributed by atoms with Gasteiger partial charge in [0.25, 0.3) is 10.0 Å². The molecule has 0 atom stereocenters. The number of nitrogens with zero attached hydrogens (tertiary/aromatic N) is 1. The van der Waals surface area contributed by atoms with Crippen LogP contribution in [0.2, 0.25) is 0 Å². The summed E-state index contributed by atoms with van der Waals surface area (Å²) < 4.78 is 27.1. The van der Waals surface area contributed by atoms with Gasteiger partial charge in [-0.3, -0.25) is 9.52 Å². The number of hydrogen-bond donors (Lipinski definition) is 2. The van der Waals surface area contributed by atoms with Gasteiger partial charge in [0.15, 0.2) is 5.13 Å². The second-order valence-corrected chi connectivity index (χ2v) is 9.13. The van der Waals surface area contributed by atoms with E-state index >= 15 is 0 Å². The molecule has 0 bridgehead atoms. The highest BCUT2D eigenvalue weighted by Crippen LogP contribution is 2.21. The summed E-state index contributed by atoms with van der Waals surface area (Å²) in [5, 5.41) is 4.75. The van der Waals surface area contributed by atoms with Crippen LogP contribution in [0.25, 0.3) is 0 Å². The van der Waals surface area contributed by atoms with Crippen molar-refractivity contribution in [2.75, 3.05) is 10.0 Å². The molecule has 1 heterocycles. The van der Waals surface area contributed by atoms with Crippen LogP contribution in [-0.2, 0) is 27.7 Å². The normalized spacial score (nSPS) is 11.2. The molecule has 8 heteroatoms. The number of rotatable bonds is 9. The SMILES string of the molecule is CCCCc1ccc(NC(=O)Cc2csc(NS(=O)(=O)c3ccccc3)n2)cc1. The van der Waals surface area contributed by atoms with Crippen molar-refractivity contribution in [2.45, 2.75) is 37.5 Å². The number of aryl methyl sites for hydroxylation is 1. The van der Waals surface area contributed by atoms with E-state index in [1.54, 1.807) is 23.6 Å². The van der Waals surface area contributed by atoms with Crippen molar-refractivity contribution in [1.82, 2.24) is 4.98 Å². The lowest BCUT2D eigenvalue weighted by Gasteiger charge is -2.06. The van der Waals surface area contributed by atoms with Crippen molar-refractivity contribution < 1.29 is 13.2 Å². The number of sulfonamides is 1. The number of benzene rings is 2. The Balaban J connectivity index is 1.56. The number of carbonyl (C=O) groups is 1. The third-order valence-electron chi connectivity index (χ3n) is 4.23. The molecule has 0 spiro atoms. The summed E-state index contributed by atoms with van der Waals surface area (Å²) in [6, 6.07) is 15.9. The van der Waals surface area contributed by atoms with Gasteiger partial charge in [0.05, 0.1) is 17.0 Å². The van der Waals surface area contributed by atoms with Gasteiger partial charge in [0.1, 0.15) is 0 Å². The van der Waals surface area contributed by atoms with Gasteiger partial charge in [-0.1, -0.05) is 43.7 Å². The second kappa shape index (κ2) is 9.67. The molecule has 2 N–H and O–H groups in total. The van der Waals surface area contributed by atoms with Crippen LogP contribution in [0.5, 0.6) is 0 Å². The number of carbonyl (C=O) groups excluding carboxylic acids is 1. The minimum Gasteiger partial charge on any atom is -0.326 e. The summed E-state index contributed by atoms with van der Waals surface area (Å²) in [5.41, 5.74) is 2.49. The fourth-order valence-electron chi connectivity index (χ4n) is 2.71. The van der Waals surface area contributed by atoms with Gasteiger partial charge in [-0.25, -0.2) is 13.4 Å². The van der Waals surface area contributed by atoms with Gasteiger partial charge >= 0.3 is 0 Å². The minimum atomic E-state index is -3.69. The number of aromatic nitrogens is 1. The van der Waals surface area contributed by atoms with E-state index in [4.69, 9.17) is 0 Å². The molecule has 0 fully saturated rings. The molecule has 2 aromatic carbocycles. The van der Waals surface area contributed by atoms with Crippen LogP contribution in [-0.4, -0.2) is 19.3 Å². The van der Waals surface area contributed by atoms with Crippen molar-refractivity contribution in [3.05, 3.63) is 71.2 Å². The van der Waals surface area contributed by atoms with E-state index in [2.05, 4.69) is 21.9 Å². The number of hydrogen-bond acceptors (Lipinski definition) is 5. The first-order chi connectivity index (χ1) is 14.0. The lowest BCUT2D eigenvalue weighted by Crippen LogP contribution is -2.15. The van der Waals surface area contributed by atoms with Gasteiger partial charge in [-0.2, -0.15) is 0 Å². The van der Waals surface area contributed by atoms with Crippen LogP contribution in [0, 0.1) is 0 Å². The predicted octanol–water partition coefficient (Wildman–Crippen LogP) is 4.47. The Morgan fingerprint density at radius 2 is 1.79 bits per heavy atom. The molecular formula is C21H23N3O3S2. The highest BCUT2D eigenvalue weighted by Gasteiger charge is 2.16. The van der Waals surface area contributed by atoms with Crippen LogP contribution in [0.3, 0.4) is 0 Å². The molecule has 0 saturated carbocycles. The average molecular weight is 430 g/mol. The van der Waals surface area contributed by atoms with Crippen molar-refractivity contribution in [2.24, 2.45) is 0 Å². The largest absolute Gasteiger partial charge is 0.326 e. The number of thiazole rings is 1. The topological polar surface area (TPSA) is 88.2 Å². The molecule has 0 radical (unpaired) electrons. The molecule has 1 aromatic heterocycles. The summed E-state index contributed by atoms with van der Waals surface area (Å²) in [7, 11) is -3.69. The maximum Gasteiger partial charge on any atom is 0.263 e. The van der Waals surface area contributed by atoms with E-state index in [1.807, 2.05) is 24.3 Å². The second-order valence-electron chi connectivity index (χ2n) is 6.59. The lowest BCUT2D eigenvalue weighted by molar-refractivity contribution is -0.115. The monoisotopic (exact) mass is 429 g/mol. The number of nitrogens with one attached hydrogen (secondary N) is 2. The van der Waals surface area contributed by atoms with E-state index in [1.165, 1.54) is 17.7 Å². The summed E-state index contributed by atoms with van der Waals surface area (Å²) >= 11 is 1.15. The van der Waals surface area contributed by atoms with Crippen LogP contribution in [0.4, 0.5) is 10.8 Å². The van der Waals surface area contributed by atoms with Crippen LogP contribution in [0.1, 0.15) is 31.0 Å². The molecule has 0 unspecified atom stereocenters. The van der Waals surface area contributed by atoms with Crippen LogP contribution >= 0.6 is 11.3 Å². The minimum absolute atomic E-state index is 0.0706. The molecule has 3 rings (SSSR count). The van der Waals surface area contributed by atoms with Crippen molar-refractivity contribution in [3.8, 4) is 0 Å². The van der Waals surface area contributed by atoms with E-state index < -0.39 is 10.0 Å². The molecule has 6 nitrogen and oxygen atoms in total. The Kier molecular flexibility index (Phi) is 7.00. The van der Waals surface area contributed by atoms with Gasteiger partial charge in [0, 0.05) is 11.1 Å². The first-order valence-corrected chi connectivity index (χ1v) is 11.7. The van der Waals surface area contributed by atoms with E-state index in [9.17, 15) is 13.2 Å². The predicted molar refractivity (Wildman–Crippen MR) is 117 cm³/mol. The van der Waals surface area contributed by atoms with Gasteiger partial charge < -0.3 is 5.32 Å². The molecule has 1 amide bonds. The first kappa shape index (κ1) is 21.0. The third-order valence-corrected chi connectivity index (χ3v) is 6.52. The Bertz CT molecular complexity index is 1050. The fourth-order valence-corrected chi connectivity index (χ4v) is 4.70. The van der Waals surface area contributed by atoms with Gasteiger partial charge in [-0.05, 0) is 42.7 Å². The van der Waals surface area contributed by atoms with Gasteiger partial charge in [-0.15, -0.1) is 11.3 Å². The van der Waals surface area contributed by atoms with E-state index in [-0.39, 0.29) is 22.4 Å². The lowest BCUT2D eigenvalue weighted by atomic mass is 10.1. The van der Waals surface area contributed by atoms with Crippen molar-refractivity contribution in [3.63, 3.8) is 0 Å². The van der Waals surface area contributed by atoms with Gasteiger partial charge in [0.2, 0.25) is 5.91 Å². The standard InChI is InChI=1S/C21H23N3O3S2/c1-2-3-7-16-10-12-17(13-11-16)22-20(25)14-18-15-28-21(23-18)24-29(26,27)19-8-5-4-6-9-19/h4-6,8-13,15H,2-3,7,14H2,1H3,(H,22,25)(H,23,24). The Morgan fingerprint density at radius 1 is 1.07 bits per heavy atom. The maximum atomic E-state index is 12.3. The Morgan fingerprint density at radius 3 is 2.48 bits per heavy atom. The first-order valence-electron chi connectivity index (χ1n) is 9.37. The van der Waals surface area contributed by atoms with Crippen LogP contribution in [0.15, 0.2) is 64.9 Å². The van der Waals surface area contributed by atoms with Crippen molar-refractivity contribution >= 4 is 38.1 Å². The zero-order valence-corrected chi connectivity index (χ0v) is 17.7. The number of anilines is 2. The number of unbranched alkanes of at least 4 members (excludes halogenated alkanes) is 1. The molecule has 3 aromatic rings. The smallest absolute Gasteiger partial charge is 0.263 e. The van der Waals surface area contributed by atoms with E-state index in [0.717, 1.165) is 36.3 Å². The zero-order chi connectivity index (χ0) is 20.7. The highest BCUT2D eigenvalue weighted by molar-refractivity contribution is 7.93. The maximum absolute atomic E-state index is 12.3. The molecule has 0 aliphatic carbocycles. The third kappa shape index (κ3) is 6.13. The van der Waals surface area contributed by atoms with Crippen molar-refractivity contribution in [1.29, 1.82) is 0 Å². The highest BCUT2D eigenvalue weighted by atomic mass is 32.2. The summed E-state index contributed by atoms with van der Waals surface area (Å²) in [4.78, 5) is 16.7. The zero-order valence-electron chi connectivity index (χ0n) is 16.1. The molecule has 0 aliphatic rings. The number of amides is 1. The quantitative estimate of drug-likeness (QED) is 0.525. The summed E-state index contributed by atoms with van der Waals surface area (Å²) in [6.07, 6.45) is 3.40. The molecular weight excluding hydrogens is 406 g/mol. The van der Waals surface area contributed by atoms with Crippen LogP contribution < -0.4 is 10.0 Å². The molecule has 0 saturated heterocycles.